The van der Waals surface area contributed by atoms with Crippen LogP contribution in [-0.2, 0) is 14.3 Å². The Morgan fingerprint density at radius 1 is 0.600 bits per heavy atom. The van der Waals surface area contributed by atoms with Crippen molar-refractivity contribution < 1.29 is 39.8 Å². The summed E-state index contributed by atoms with van der Waals surface area (Å²) in [7, 11) is 0. The Morgan fingerprint density at radius 2 is 1.04 bits per heavy atom. The summed E-state index contributed by atoms with van der Waals surface area (Å²) in [5.41, 5.74) is 0. The molecule has 1 amide bonds. The first-order valence-electron chi connectivity index (χ1n) is 23.1. The van der Waals surface area contributed by atoms with Crippen molar-refractivity contribution >= 4 is 5.91 Å². The Morgan fingerprint density at radius 3 is 1.53 bits per heavy atom. The second kappa shape index (κ2) is 37.0. The quantitative estimate of drug-likeness (QED) is 0.0268. The summed E-state index contributed by atoms with van der Waals surface area (Å²) >= 11 is 0. The predicted molar refractivity (Wildman–Crippen MR) is 226 cm³/mol. The minimum Gasteiger partial charge on any atom is -0.394 e. The molecular formula is C46H87NO8. The van der Waals surface area contributed by atoms with E-state index in [0.29, 0.717) is 6.42 Å². The number of nitrogens with one attached hydrogen (secondary N) is 1. The van der Waals surface area contributed by atoms with Crippen LogP contribution in [0.2, 0.25) is 0 Å². The van der Waals surface area contributed by atoms with E-state index in [1.165, 1.54) is 148 Å². The average molecular weight is 782 g/mol. The van der Waals surface area contributed by atoms with Gasteiger partial charge in [0.05, 0.1) is 25.4 Å². The van der Waals surface area contributed by atoms with Gasteiger partial charge in [0.15, 0.2) is 6.29 Å². The molecule has 0 aromatic carbocycles. The molecule has 0 spiro atoms. The van der Waals surface area contributed by atoms with Gasteiger partial charge in [-0.3, -0.25) is 4.79 Å². The van der Waals surface area contributed by atoms with Crippen LogP contribution in [0, 0.1) is 0 Å². The number of hydrogen-bond donors (Lipinski definition) is 6. The zero-order valence-electron chi connectivity index (χ0n) is 35.4. The molecular weight excluding hydrogens is 695 g/mol. The van der Waals surface area contributed by atoms with Crippen LogP contribution in [-0.4, -0.2) is 87.5 Å². The molecule has 1 aliphatic heterocycles. The summed E-state index contributed by atoms with van der Waals surface area (Å²) in [4.78, 5) is 12.9. The molecule has 1 aliphatic rings. The van der Waals surface area contributed by atoms with Crippen LogP contribution < -0.4 is 5.32 Å². The van der Waals surface area contributed by atoms with Gasteiger partial charge in [0.1, 0.15) is 24.4 Å². The van der Waals surface area contributed by atoms with Crippen molar-refractivity contribution in [3.8, 4) is 0 Å². The molecule has 0 aromatic heterocycles. The second-order valence-electron chi connectivity index (χ2n) is 16.2. The molecule has 55 heavy (non-hydrogen) atoms. The fourth-order valence-electron chi connectivity index (χ4n) is 7.29. The summed E-state index contributed by atoms with van der Waals surface area (Å²) in [6, 6.07) is -0.815. The van der Waals surface area contributed by atoms with E-state index in [4.69, 9.17) is 9.47 Å². The largest absolute Gasteiger partial charge is 0.394 e. The van der Waals surface area contributed by atoms with Crippen molar-refractivity contribution in [2.24, 2.45) is 0 Å². The molecule has 1 heterocycles. The van der Waals surface area contributed by atoms with Crippen LogP contribution in [0.15, 0.2) is 24.3 Å². The SMILES string of the molecule is CCCCCC/C=C/CC/C=C/[C@@H](O)[C@H](CO[C@H]1O[C@@H](CO)[C@H](O)C(O)C1O)NC(=O)CCCCCCCCCCCCCCCCCCCCCCCC. The summed E-state index contributed by atoms with van der Waals surface area (Å²) in [5, 5.41) is 54.0. The van der Waals surface area contributed by atoms with Gasteiger partial charge in [-0.15, -0.1) is 0 Å². The molecule has 0 aliphatic carbocycles. The molecule has 9 nitrogen and oxygen atoms in total. The summed E-state index contributed by atoms with van der Waals surface area (Å²) < 4.78 is 11.2. The second-order valence-corrected chi connectivity index (χ2v) is 16.2. The first-order chi connectivity index (χ1) is 26.8. The van der Waals surface area contributed by atoms with Gasteiger partial charge in [-0.2, -0.15) is 0 Å². The Labute approximate surface area is 337 Å². The third-order valence-electron chi connectivity index (χ3n) is 11.0. The van der Waals surface area contributed by atoms with Crippen molar-refractivity contribution in [3.63, 3.8) is 0 Å². The minimum atomic E-state index is -1.57. The summed E-state index contributed by atoms with van der Waals surface area (Å²) in [6.45, 7) is 3.72. The van der Waals surface area contributed by atoms with Gasteiger partial charge in [-0.25, -0.2) is 0 Å². The molecule has 0 radical (unpaired) electrons. The Bertz CT molecular complexity index is 914. The van der Waals surface area contributed by atoms with Crippen LogP contribution in [0.25, 0.3) is 0 Å². The van der Waals surface area contributed by atoms with E-state index in [0.717, 1.165) is 38.5 Å². The number of ether oxygens (including phenoxy) is 2. The van der Waals surface area contributed by atoms with E-state index in [1.54, 1.807) is 6.08 Å². The van der Waals surface area contributed by atoms with Crippen molar-refractivity contribution in [2.45, 2.75) is 249 Å². The molecule has 9 heteroatoms. The number of carbonyl (C=O) groups is 1. The maximum absolute atomic E-state index is 12.9. The van der Waals surface area contributed by atoms with Crippen molar-refractivity contribution in [1.82, 2.24) is 5.32 Å². The Kier molecular flexibility index (Phi) is 34.7. The van der Waals surface area contributed by atoms with E-state index < -0.39 is 49.5 Å². The van der Waals surface area contributed by atoms with Crippen molar-refractivity contribution in [1.29, 1.82) is 0 Å². The molecule has 1 rings (SSSR count). The topological polar surface area (TPSA) is 149 Å². The van der Waals surface area contributed by atoms with E-state index in [2.05, 4.69) is 31.3 Å². The van der Waals surface area contributed by atoms with Gasteiger partial charge in [-0.1, -0.05) is 192 Å². The monoisotopic (exact) mass is 782 g/mol. The molecule has 324 valence electrons. The van der Waals surface area contributed by atoms with Crippen LogP contribution in [0.3, 0.4) is 0 Å². The highest BCUT2D eigenvalue weighted by atomic mass is 16.7. The number of aliphatic hydroxyl groups excluding tert-OH is 5. The molecule has 7 atom stereocenters. The number of unbranched alkanes of at least 4 members (excludes halogenated alkanes) is 26. The number of allylic oxidation sites excluding steroid dienone is 3. The van der Waals surface area contributed by atoms with Crippen LogP contribution >= 0.6 is 0 Å². The zero-order valence-corrected chi connectivity index (χ0v) is 35.4. The normalized spacial score (nSPS) is 21.5. The lowest BCUT2D eigenvalue weighted by Gasteiger charge is -2.40. The van der Waals surface area contributed by atoms with Gasteiger partial charge in [0.25, 0.3) is 0 Å². The summed E-state index contributed by atoms with van der Waals surface area (Å²) in [6.07, 6.45) is 36.7. The van der Waals surface area contributed by atoms with E-state index >= 15 is 0 Å². The number of hydrogen-bond acceptors (Lipinski definition) is 8. The molecule has 0 bridgehead atoms. The fourth-order valence-corrected chi connectivity index (χ4v) is 7.29. The molecule has 1 fully saturated rings. The molecule has 6 N–H and O–H groups in total. The van der Waals surface area contributed by atoms with Crippen LogP contribution in [0.5, 0.6) is 0 Å². The smallest absolute Gasteiger partial charge is 0.220 e. The molecule has 1 saturated heterocycles. The lowest BCUT2D eigenvalue weighted by Crippen LogP contribution is -2.60. The lowest BCUT2D eigenvalue weighted by molar-refractivity contribution is -0.302. The highest BCUT2D eigenvalue weighted by Gasteiger charge is 2.44. The first kappa shape index (κ1) is 51.7. The molecule has 0 saturated carbocycles. The van der Waals surface area contributed by atoms with E-state index in [9.17, 15) is 30.3 Å². The standard InChI is InChI=1S/C46H87NO8/c1-3-5-7-9-11-13-15-16-17-18-19-20-21-22-23-24-25-26-28-30-32-34-36-42(50)47-39(38-54-46-45(53)44(52)43(51)41(37-48)55-46)40(49)35-33-31-29-27-14-12-10-8-6-4-2/h14,27,33,35,39-41,43-46,48-49,51-53H,3-13,15-26,28-32,34,36-38H2,1-2H3,(H,47,50)/b27-14+,35-33+/t39-,40+,41-,43-,44?,45?,46-/m0/s1. The third-order valence-corrected chi connectivity index (χ3v) is 11.0. The van der Waals surface area contributed by atoms with Crippen LogP contribution in [0.4, 0.5) is 0 Å². The van der Waals surface area contributed by atoms with Crippen molar-refractivity contribution in [3.05, 3.63) is 24.3 Å². The van der Waals surface area contributed by atoms with E-state index in [1.807, 2.05) is 6.08 Å². The maximum atomic E-state index is 12.9. The number of aliphatic hydroxyl groups is 5. The van der Waals surface area contributed by atoms with E-state index in [-0.39, 0.29) is 12.5 Å². The lowest BCUT2D eigenvalue weighted by atomic mass is 9.99. The Hall–Kier alpha value is -1.33. The fraction of sp³-hybridized carbons (Fsp3) is 0.891. The highest BCUT2D eigenvalue weighted by molar-refractivity contribution is 5.76. The van der Waals surface area contributed by atoms with Gasteiger partial charge in [0.2, 0.25) is 5.91 Å². The Balaban J connectivity index is 2.26. The zero-order chi connectivity index (χ0) is 40.2. The van der Waals surface area contributed by atoms with Crippen LogP contribution in [0.1, 0.15) is 206 Å². The number of carbonyl (C=O) groups excluding carboxylic acids is 1. The number of amides is 1. The predicted octanol–water partition coefficient (Wildman–Crippen LogP) is 9.50. The maximum Gasteiger partial charge on any atom is 0.220 e. The van der Waals surface area contributed by atoms with Gasteiger partial charge in [0, 0.05) is 6.42 Å². The van der Waals surface area contributed by atoms with Gasteiger partial charge >= 0.3 is 0 Å². The summed E-state index contributed by atoms with van der Waals surface area (Å²) in [5.74, 6) is -0.186. The average Bonchev–Trinajstić information content (AvgIpc) is 3.18. The third kappa shape index (κ3) is 27.9. The highest BCUT2D eigenvalue weighted by Crippen LogP contribution is 2.23. The van der Waals surface area contributed by atoms with Gasteiger partial charge < -0.3 is 40.3 Å². The number of rotatable bonds is 38. The van der Waals surface area contributed by atoms with Gasteiger partial charge in [-0.05, 0) is 32.1 Å². The van der Waals surface area contributed by atoms with Crippen molar-refractivity contribution in [2.75, 3.05) is 13.2 Å². The first-order valence-corrected chi connectivity index (χ1v) is 23.1. The molecule has 0 aromatic rings. The minimum absolute atomic E-state index is 0.186. The molecule has 2 unspecified atom stereocenters.